The van der Waals surface area contributed by atoms with Gasteiger partial charge in [0.05, 0.1) is 5.75 Å². The lowest BCUT2D eigenvalue weighted by Crippen LogP contribution is -2.31. The fourth-order valence-electron chi connectivity index (χ4n) is 2.57. The largest absolute Gasteiger partial charge is 0.508 e. The van der Waals surface area contributed by atoms with Crippen molar-refractivity contribution < 1.29 is 14.7 Å². The minimum absolute atomic E-state index is 0.144. The number of benzene rings is 2. The lowest BCUT2D eigenvalue weighted by atomic mass is 10.2. The van der Waals surface area contributed by atoms with Crippen molar-refractivity contribution in [1.29, 1.82) is 0 Å². The summed E-state index contributed by atoms with van der Waals surface area (Å²) < 4.78 is 0. The number of aliphatic imine (C=N–C) groups is 1. The van der Waals surface area contributed by atoms with Crippen LogP contribution in [0.15, 0.2) is 70.4 Å². The summed E-state index contributed by atoms with van der Waals surface area (Å²) in [6, 6.07) is 15.7. The number of hydrogen-bond donors (Lipinski definition) is 2. The second-order valence-corrected chi connectivity index (χ2v) is 6.75. The molecule has 8 heteroatoms. The zero-order chi connectivity index (χ0) is 18.8. The average Bonchev–Trinajstić information content (AvgIpc) is 3.22. The summed E-state index contributed by atoms with van der Waals surface area (Å²) in [4.78, 5) is 28.8. The number of aromatic hydroxyl groups is 1. The molecule has 0 radical (unpaired) electrons. The molecule has 0 spiro atoms. The Labute approximate surface area is 159 Å². The minimum atomic E-state index is -0.392. The van der Waals surface area contributed by atoms with Gasteiger partial charge in [0.2, 0.25) is 5.91 Å². The van der Waals surface area contributed by atoms with E-state index in [0.717, 1.165) is 11.1 Å². The third-order valence-corrected chi connectivity index (χ3v) is 4.71. The van der Waals surface area contributed by atoms with E-state index >= 15 is 0 Å². The van der Waals surface area contributed by atoms with Gasteiger partial charge in [-0.1, -0.05) is 54.2 Å². The van der Waals surface area contributed by atoms with Gasteiger partial charge in [-0.3, -0.25) is 9.59 Å². The maximum Gasteiger partial charge on any atom is 0.298 e. The number of thioether (sulfide) groups is 1. The van der Waals surface area contributed by atoms with E-state index in [1.54, 1.807) is 18.2 Å². The van der Waals surface area contributed by atoms with Crippen LogP contribution >= 0.6 is 11.8 Å². The van der Waals surface area contributed by atoms with Crippen molar-refractivity contribution in [2.75, 3.05) is 5.75 Å². The first-order valence-corrected chi connectivity index (χ1v) is 9.09. The molecule has 0 aliphatic carbocycles. The highest BCUT2D eigenvalue weighted by atomic mass is 32.2. The molecular weight excluding hydrogens is 364 g/mol. The molecule has 1 saturated heterocycles. The third kappa shape index (κ3) is 3.61. The summed E-state index contributed by atoms with van der Waals surface area (Å²) in [5, 5.41) is 17.9. The number of amides is 2. The van der Waals surface area contributed by atoms with E-state index in [2.05, 4.69) is 15.4 Å². The van der Waals surface area contributed by atoms with E-state index in [0.29, 0.717) is 11.0 Å². The molecule has 2 aromatic carbocycles. The summed E-state index contributed by atoms with van der Waals surface area (Å²) in [6.07, 6.45) is 1.63. The van der Waals surface area contributed by atoms with Crippen LogP contribution < -0.4 is 5.32 Å². The topological polar surface area (TPSA) is 94.4 Å². The molecule has 0 unspecified atom stereocenters. The van der Waals surface area contributed by atoms with Crippen LogP contribution in [0, 0.1) is 0 Å². The molecule has 134 valence electrons. The lowest BCUT2D eigenvalue weighted by molar-refractivity contribution is -0.122. The molecule has 0 atom stereocenters. The summed E-state index contributed by atoms with van der Waals surface area (Å²) in [7, 11) is 0. The SMILES string of the molecule is O=C1CSC(=NN2C(=O)C(=Cc3ccc(O)cc3)N=C2c2ccccc2)N1. The predicted octanol–water partition coefficient (Wildman–Crippen LogP) is 2.16. The predicted molar refractivity (Wildman–Crippen MR) is 104 cm³/mol. The number of carbonyl (C=O) groups excluding carboxylic acids is 2. The number of hydrogen-bond acceptors (Lipinski definition) is 6. The van der Waals surface area contributed by atoms with E-state index in [1.807, 2.05) is 30.3 Å². The number of hydrazone groups is 1. The minimum Gasteiger partial charge on any atom is -0.508 e. The van der Waals surface area contributed by atoms with Crippen LogP contribution in [-0.4, -0.2) is 38.7 Å². The number of nitrogens with zero attached hydrogens (tertiary/aromatic N) is 3. The fraction of sp³-hybridized carbons (Fsp3) is 0.0526. The standard InChI is InChI=1S/C19H14N4O3S/c24-14-8-6-12(7-9-14)10-15-18(26)23(22-19-21-16(25)11-27-19)17(20-15)13-4-2-1-3-5-13/h1-10,24H,11H2,(H,21,22,25). The van der Waals surface area contributed by atoms with Crippen molar-refractivity contribution in [2.24, 2.45) is 10.1 Å². The number of nitrogens with one attached hydrogen (secondary N) is 1. The molecule has 2 aromatic rings. The second-order valence-electron chi connectivity index (χ2n) is 5.78. The smallest absolute Gasteiger partial charge is 0.298 e. The Morgan fingerprint density at radius 2 is 1.85 bits per heavy atom. The number of amidine groups is 2. The molecule has 2 aliphatic rings. The highest BCUT2D eigenvalue weighted by Crippen LogP contribution is 2.24. The quantitative estimate of drug-likeness (QED) is 0.800. The number of phenolic OH excluding ortho intramolecular Hbond substituents is 1. The molecule has 1 fully saturated rings. The second kappa shape index (κ2) is 7.08. The number of rotatable bonds is 3. The van der Waals surface area contributed by atoms with Crippen LogP contribution in [0.5, 0.6) is 5.75 Å². The van der Waals surface area contributed by atoms with Crippen LogP contribution in [0.1, 0.15) is 11.1 Å². The first kappa shape index (κ1) is 17.0. The van der Waals surface area contributed by atoms with Crippen LogP contribution in [0.3, 0.4) is 0 Å². The van der Waals surface area contributed by atoms with E-state index in [1.165, 1.54) is 28.9 Å². The van der Waals surface area contributed by atoms with Gasteiger partial charge in [-0.25, -0.2) is 4.99 Å². The molecular formula is C19H14N4O3S. The number of carbonyl (C=O) groups is 2. The van der Waals surface area contributed by atoms with E-state index in [-0.39, 0.29) is 23.1 Å². The van der Waals surface area contributed by atoms with Gasteiger partial charge in [-0.2, -0.15) is 5.01 Å². The summed E-state index contributed by atoms with van der Waals surface area (Å²) in [5.41, 5.74) is 1.68. The Morgan fingerprint density at radius 1 is 1.11 bits per heavy atom. The van der Waals surface area contributed by atoms with Crippen molar-refractivity contribution in [3.63, 3.8) is 0 Å². The maximum absolute atomic E-state index is 12.9. The van der Waals surface area contributed by atoms with E-state index in [4.69, 9.17) is 0 Å². The van der Waals surface area contributed by atoms with E-state index < -0.39 is 5.91 Å². The molecule has 27 heavy (non-hydrogen) atoms. The van der Waals surface area contributed by atoms with Crippen LogP contribution in [0.25, 0.3) is 6.08 Å². The monoisotopic (exact) mass is 378 g/mol. The summed E-state index contributed by atoms with van der Waals surface area (Å²) >= 11 is 1.24. The molecule has 0 aromatic heterocycles. The Morgan fingerprint density at radius 3 is 2.52 bits per heavy atom. The molecule has 2 aliphatic heterocycles. The molecule has 2 N–H and O–H groups in total. The van der Waals surface area contributed by atoms with Crippen LogP contribution in [0.4, 0.5) is 0 Å². The Kier molecular flexibility index (Phi) is 4.47. The van der Waals surface area contributed by atoms with Crippen LogP contribution in [0.2, 0.25) is 0 Å². The number of phenols is 1. The van der Waals surface area contributed by atoms with Gasteiger partial charge in [-0.05, 0) is 23.8 Å². The fourth-order valence-corrected chi connectivity index (χ4v) is 3.24. The van der Waals surface area contributed by atoms with Crippen molar-refractivity contribution in [1.82, 2.24) is 10.3 Å². The van der Waals surface area contributed by atoms with Gasteiger partial charge in [0.25, 0.3) is 5.91 Å². The van der Waals surface area contributed by atoms with Gasteiger partial charge >= 0.3 is 0 Å². The first-order valence-electron chi connectivity index (χ1n) is 8.11. The van der Waals surface area contributed by atoms with Gasteiger partial charge < -0.3 is 10.4 Å². The van der Waals surface area contributed by atoms with E-state index in [9.17, 15) is 14.7 Å². The zero-order valence-corrected chi connectivity index (χ0v) is 14.8. The lowest BCUT2D eigenvalue weighted by Gasteiger charge is -2.12. The normalized spacial score (nSPS) is 19.7. The Hall–Kier alpha value is -3.39. The highest BCUT2D eigenvalue weighted by Gasteiger charge is 2.32. The molecule has 0 bridgehead atoms. The first-order chi connectivity index (χ1) is 13.1. The van der Waals surface area contributed by atoms with Crippen LogP contribution in [-0.2, 0) is 9.59 Å². The van der Waals surface area contributed by atoms with Gasteiger partial charge in [0, 0.05) is 5.56 Å². The Balaban J connectivity index is 1.74. The third-order valence-electron chi connectivity index (χ3n) is 3.84. The van der Waals surface area contributed by atoms with Crippen molar-refractivity contribution in [3.8, 4) is 5.75 Å². The summed E-state index contributed by atoms with van der Waals surface area (Å²) in [5.74, 6) is 0.263. The highest BCUT2D eigenvalue weighted by molar-refractivity contribution is 8.15. The molecule has 7 nitrogen and oxygen atoms in total. The van der Waals surface area contributed by atoms with Crippen molar-refractivity contribution >= 4 is 40.7 Å². The van der Waals surface area contributed by atoms with Crippen molar-refractivity contribution in [2.45, 2.75) is 0 Å². The Bertz CT molecular complexity index is 997. The van der Waals surface area contributed by atoms with Gasteiger partial charge in [-0.15, -0.1) is 5.10 Å². The van der Waals surface area contributed by atoms with Crippen molar-refractivity contribution in [3.05, 3.63) is 71.4 Å². The molecule has 2 amide bonds. The summed E-state index contributed by atoms with van der Waals surface area (Å²) in [6.45, 7) is 0. The average molecular weight is 378 g/mol. The molecule has 4 rings (SSSR count). The van der Waals surface area contributed by atoms with Gasteiger partial charge in [0.1, 0.15) is 11.4 Å². The zero-order valence-electron chi connectivity index (χ0n) is 14.0. The molecule has 0 saturated carbocycles. The maximum atomic E-state index is 12.9. The molecule has 2 heterocycles. The van der Waals surface area contributed by atoms with Gasteiger partial charge in [0.15, 0.2) is 11.0 Å².